The van der Waals surface area contributed by atoms with Crippen LogP contribution in [0.2, 0.25) is 5.02 Å². The molecule has 0 saturated heterocycles. The molecular formula is C18H18ClNO5. The number of hydrogen-bond acceptors (Lipinski definition) is 5. The second kappa shape index (κ2) is 8.39. The maximum absolute atomic E-state index is 12.3. The van der Waals surface area contributed by atoms with Crippen LogP contribution in [0.25, 0.3) is 0 Å². The second-order valence-corrected chi connectivity index (χ2v) is 5.55. The van der Waals surface area contributed by atoms with Crippen molar-refractivity contribution in [3.63, 3.8) is 0 Å². The van der Waals surface area contributed by atoms with Crippen molar-refractivity contribution in [3.05, 3.63) is 53.1 Å². The molecule has 6 nitrogen and oxygen atoms in total. The van der Waals surface area contributed by atoms with Crippen LogP contribution in [-0.4, -0.2) is 32.2 Å². The SMILES string of the molecule is COc1ccc(C(=O)O[C@@H](C)C(=O)Nc2cc(Cl)ccc2OC)cc1. The number of carbonyl (C=O) groups excluding carboxylic acids is 2. The topological polar surface area (TPSA) is 73.9 Å². The molecule has 0 aliphatic heterocycles. The molecule has 0 radical (unpaired) electrons. The highest BCUT2D eigenvalue weighted by Gasteiger charge is 2.20. The van der Waals surface area contributed by atoms with Crippen molar-refractivity contribution in [3.8, 4) is 11.5 Å². The third-order valence-corrected chi connectivity index (χ3v) is 3.63. The molecule has 2 aromatic carbocycles. The number of benzene rings is 2. The summed E-state index contributed by atoms with van der Waals surface area (Å²) in [6, 6.07) is 11.2. The lowest BCUT2D eigenvalue weighted by atomic mass is 10.2. The van der Waals surface area contributed by atoms with Gasteiger partial charge in [0.15, 0.2) is 6.10 Å². The van der Waals surface area contributed by atoms with E-state index in [1.54, 1.807) is 42.5 Å². The Balaban J connectivity index is 2.02. The van der Waals surface area contributed by atoms with Crippen LogP contribution >= 0.6 is 11.6 Å². The Morgan fingerprint density at radius 1 is 1.04 bits per heavy atom. The van der Waals surface area contributed by atoms with Crippen LogP contribution < -0.4 is 14.8 Å². The van der Waals surface area contributed by atoms with E-state index in [1.165, 1.54) is 21.1 Å². The zero-order chi connectivity index (χ0) is 18.4. The molecule has 2 rings (SSSR count). The number of carbonyl (C=O) groups is 2. The summed E-state index contributed by atoms with van der Waals surface area (Å²) in [4.78, 5) is 24.4. The van der Waals surface area contributed by atoms with E-state index in [2.05, 4.69) is 5.32 Å². The quantitative estimate of drug-likeness (QED) is 0.794. The van der Waals surface area contributed by atoms with Gasteiger partial charge in [0.1, 0.15) is 11.5 Å². The molecule has 0 bridgehead atoms. The first-order chi connectivity index (χ1) is 11.9. The third-order valence-electron chi connectivity index (χ3n) is 3.40. The smallest absolute Gasteiger partial charge is 0.338 e. The van der Waals surface area contributed by atoms with Crippen molar-refractivity contribution < 1.29 is 23.8 Å². The molecule has 1 N–H and O–H groups in total. The molecular weight excluding hydrogens is 346 g/mol. The summed E-state index contributed by atoms with van der Waals surface area (Å²) in [5, 5.41) is 3.08. The average molecular weight is 364 g/mol. The molecule has 0 aliphatic rings. The van der Waals surface area contributed by atoms with Gasteiger partial charge in [-0.2, -0.15) is 0 Å². The second-order valence-electron chi connectivity index (χ2n) is 5.11. The molecule has 0 spiro atoms. The van der Waals surface area contributed by atoms with Crippen LogP contribution in [0.1, 0.15) is 17.3 Å². The first kappa shape index (κ1) is 18.6. The Morgan fingerprint density at radius 3 is 2.32 bits per heavy atom. The number of rotatable bonds is 6. The summed E-state index contributed by atoms with van der Waals surface area (Å²) in [5.41, 5.74) is 0.716. The Kier molecular flexibility index (Phi) is 6.25. The lowest BCUT2D eigenvalue weighted by molar-refractivity contribution is -0.123. The van der Waals surface area contributed by atoms with E-state index >= 15 is 0 Å². The lowest BCUT2D eigenvalue weighted by Crippen LogP contribution is -2.30. The van der Waals surface area contributed by atoms with Crippen LogP contribution in [-0.2, 0) is 9.53 Å². The summed E-state index contributed by atoms with van der Waals surface area (Å²) < 4.78 is 15.4. The highest BCUT2D eigenvalue weighted by atomic mass is 35.5. The number of methoxy groups -OCH3 is 2. The molecule has 0 unspecified atom stereocenters. The maximum Gasteiger partial charge on any atom is 0.338 e. The maximum atomic E-state index is 12.3. The number of anilines is 1. The minimum atomic E-state index is -1.00. The zero-order valence-corrected chi connectivity index (χ0v) is 14.8. The number of amides is 1. The van der Waals surface area contributed by atoms with Gasteiger partial charge in [-0.1, -0.05) is 11.6 Å². The summed E-state index contributed by atoms with van der Waals surface area (Å²) >= 11 is 5.92. The van der Waals surface area contributed by atoms with E-state index in [9.17, 15) is 9.59 Å². The Labute approximate surface area is 150 Å². The van der Waals surface area contributed by atoms with Crippen LogP contribution in [0, 0.1) is 0 Å². The van der Waals surface area contributed by atoms with E-state index in [0.717, 1.165) is 0 Å². The van der Waals surface area contributed by atoms with Crippen molar-refractivity contribution in [2.45, 2.75) is 13.0 Å². The highest BCUT2D eigenvalue weighted by Crippen LogP contribution is 2.27. The van der Waals surface area contributed by atoms with Gasteiger partial charge in [0.05, 0.1) is 25.5 Å². The van der Waals surface area contributed by atoms with Gasteiger partial charge in [-0.15, -0.1) is 0 Å². The molecule has 0 heterocycles. The number of ether oxygens (including phenoxy) is 3. The van der Waals surface area contributed by atoms with Crippen molar-refractivity contribution >= 4 is 29.2 Å². The fourth-order valence-electron chi connectivity index (χ4n) is 2.02. The number of hydrogen-bond donors (Lipinski definition) is 1. The Morgan fingerprint density at radius 2 is 1.72 bits per heavy atom. The summed E-state index contributed by atoms with van der Waals surface area (Å²) in [5.74, 6) is -0.0346. The lowest BCUT2D eigenvalue weighted by Gasteiger charge is -2.15. The summed E-state index contributed by atoms with van der Waals surface area (Å²) in [7, 11) is 3.01. The molecule has 7 heteroatoms. The van der Waals surface area contributed by atoms with Crippen LogP contribution in [0.4, 0.5) is 5.69 Å². The van der Waals surface area contributed by atoms with Gasteiger partial charge in [0.2, 0.25) is 0 Å². The first-order valence-corrected chi connectivity index (χ1v) is 7.82. The third kappa shape index (κ3) is 4.87. The van der Waals surface area contributed by atoms with Gasteiger partial charge in [-0.25, -0.2) is 4.79 Å². The molecule has 0 aliphatic carbocycles. The number of esters is 1. The monoisotopic (exact) mass is 363 g/mol. The zero-order valence-electron chi connectivity index (χ0n) is 14.0. The van der Waals surface area contributed by atoms with Gasteiger partial charge >= 0.3 is 5.97 Å². The van der Waals surface area contributed by atoms with E-state index in [4.69, 9.17) is 25.8 Å². The molecule has 0 saturated carbocycles. The normalized spacial score (nSPS) is 11.4. The Bertz CT molecular complexity index is 761. The fourth-order valence-corrected chi connectivity index (χ4v) is 2.19. The van der Waals surface area contributed by atoms with Gasteiger partial charge in [-0.3, -0.25) is 4.79 Å². The largest absolute Gasteiger partial charge is 0.497 e. The van der Waals surface area contributed by atoms with Crippen molar-refractivity contribution in [2.24, 2.45) is 0 Å². The van der Waals surface area contributed by atoms with E-state index < -0.39 is 18.0 Å². The van der Waals surface area contributed by atoms with Gasteiger partial charge in [0, 0.05) is 5.02 Å². The highest BCUT2D eigenvalue weighted by molar-refractivity contribution is 6.31. The van der Waals surface area contributed by atoms with Gasteiger partial charge in [-0.05, 0) is 49.4 Å². The molecule has 1 atom stereocenters. The number of nitrogens with one attached hydrogen (secondary N) is 1. The van der Waals surface area contributed by atoms with E-state index in [1.807, 2.05) is 0 Å². The molecule has 0 fully saturated rings. The molecule has 0 aromatic heterocycles. The fraction of sp³-hybridized carbons (Fsp3) is 0.222. The number of halogens is 1. The van der Waals surface area contributed by atoms with Crippen molar-refractivity contribution in [1.82, 2.24) is 0 Å². The average Bonchev–Trinajstić information content (AvgIpc) is 2.61. The minimum absolute atomic E-state index is 0.320. The summed E-state index contributed by atoms with van der Waals surface area (Å²) in [6.45, 7) is 1.48. The predicted molar refractivity (Wildman–Crippen MR) is 94.5 cm³/mol. The van der Waals surface area contributed by atoms with Gasteiger partial charge < -0.3 is 19.5 Å². The molecule has 132 valence electrons. The van der Waals surface area contributed by atoms with Crippen LogP contribution in [0.15, 0.2) is 42.5 Å². The van der Waals surface area contributed by atoms with Crippen LogP contribution in [0.5, 0.6) is 11.5 Å². The minimum Gasteiger partial charge on any atom is -0.497 e. The van der Waals surface area contributed by atoms with Crippen molar-refractivity contribution in [1.29, 1.82) is 0 Å². The van der Waals surface area contributed by atoms with Gasteiger partial charge in [0.25, 0.3) is 5.91 Å². The van der Waals surface area contributed by atoms with Crippen molar-refractivity contribution in [2.75, 3.05) is 19.5 Å². The van der Waals surface area contributed by atoms with Crippen LogP contribution in [0.3, 0.4) is 0 Å². The standard InChI is InChI=1S/C18H18ClNO5/c1-11(25-18(22)12-4-7-14(23-2)8-5-12)17(21)20-15-10-13(19)6-9-16(15)24-3/h4-11H,1-3H3,(H,20,21)/t11-/m0/s1. The molecule has 2 aromatic rings. The molecule has 1 amide bonds. The Hall–Kier alpha value is -2.73. The molecule has 25 heavy (non-hydrogen) atoms. The van der Waals surface area contributed by atoms with E-state index in [-0.39, 0.29) is 0 Å². The summed E-state index contributed by atoms with van der Waals surface area (Å²) in [6.07, 6.45) is -1.00. The predicted octanol–water partition coefficient (Wildman–Crippen LogP) is 3.54. The van der Waals surface area contributed by atoms with E-state index in [0.29, 0.717) is 27.8 Å². The first-order valence-electron chi connectivity index (χ1n) is 7.44.